The highest BCUT2D eigenvalue weighted by molar-refractivity contribution is 5.86. The maximum Gasteiger partial charge on any atom is 0.341 e. The molecule has 0 radical (unpaired) electrons. The number of nitrogens with zero attached hydrogens (tertiary/aromatic N) is 1. The monoisotopic (exact) mass is 167 g/mol. The Morgan fingerprint density at radius 3 is 2.83 bits per heavy atom. The Morgan fingerprint density at radius 2 is 2.33 bits per heavy atom. The molecule has 0 aliphatic carbocycles. The van der Waals surface area contributed by atoms with Gasteiger partial charge in [-0.05, 0) is 19.1 Å². The van der Waals surface area contributed by atoms with Crippen LogP contribution in [0.2, 0.25) is 0 Å². The molecule has 1 heterocycles. The summed E-state index contributed by atoms with van der Waals surface area (Å²) in [7, 11) is 0. The minimum absolute atomic E-state index is 0.181. The standard InChI is InChI=1S/C8H9NO3/c1-2-9-5-3-4-6(7(9)10)8(11)12/h3-5H,2H2,1H3,(H,11,12). The molecule has 1 aromatic heterocycles. The third-order valence-electron chi connectivity index (χ3n) is 1.59. The molecule has 0 saturated heterocycles. The van der Waals surface area contributed by atoms with Gasteiger partial charge in [-0.25, -0.2) is 4.79 Å². The van der Waals surface area contributed by atoms with Crippen molar-refractivity contribution in [2.45, 2.75) is 13.5 Å². The first-order valence-corrected chi connectivity index (χ1v) is 3.59. The maximum absolute atomic E-state index is 11.2. The third kappa shape index (κ3) is 1.37. The summed E-state index contributed by atoms with van der Waals surface area (Å²) in [4.78, 5) is 21.7. The van der Waals surface area contributed by atoms with Crippen LogP contribution in [0.25, 0.3) is 0 Å². The lowest BCUT2D eigenvalue weighted by molar-refractivity contribution is 0.0694. The van der Waals surface area contributed by atoms with Gasteiger partial charge in [0.2, 0.25) is 0 Å². The Morgan fingerprint density at radius 1 is 1.67 bits per heavy atom. The molecule has 1 N–H and O–H groups in total. The van der Waals surface area contributed by atoms with E-state index in [0.29, 0.717) is 6.54 Å². The molecule has 0 atom stereocenters. The third-order valence-corrected chi connectivity index (χ3v) is 1.59. The predicted octanol–water partition coefficient (Wildman–Crippen LogP) is 0.566. The zero-order chi connectivity index (χ0) is 9.14. The quantitative estimate of drug-likeness (QED) is 0.700. The van der Waals surface area contributed by atoms with Crippen LogP contribution in [0.15, 0.2) is 23.1 Å². The number of aromatic nitrogens is 1. The van der Waals surface area contributed by atoms with Crippen LogP contribution in [0.1, 0.15) is 17.3 Å². The zero-order valence-electron chi connectivity index (χ0n) is 6.65. The molecule has 4 heteroatoms. The highest BCUT2D eigenvalue weighted by atomic mass is 16.4. The Kier molecular flexibility index (Phi) is 2.28. The van der Waals surface area contributed by atoms with Gasteiger partial charge < -0.3 is 9.67 Å². The molecule has 0 saturated carbocycles. The molecule has 12 heavy (non-hydrogen) atoms. The van der Waals surface area contributed by atoms with E-state index in [2.05, 4.69) is 0 Å². The van der Waals surface area contributed by atoms with Gasteiger partial charge >= 0.3 is 5.97 Å². The van der Waals surface area contributed by atoms with E-state index in [4.69, 9.17) is 5.11 Å². The van der Waals surface area contributed by atoms with Crippen molar-refractivity contribution < 1.29 is 9.90 Å². The SMILES string of the molecule is CCn1cccc(C(=O)O)c1=O. The Hall–Kier alpha value is -1.58. The molecule has 0 spiro atoms. The number of pyridine rings is 1. The molecule has 64 valence electrons. The second kappa shape index (κ2) is 3.21. The molecule has 0 unspecified atom stereocenters. The van der Waals surface area contributed by atoms with Crippen molar-refractivity contribution in [3.8, 4) is 0 Å². The lowest BCUT2D eigenvalue weighted by Crippen LogP contribution is -2.24. The van der Waals surface area contributed by atoms with E-state index in [1.54, 1.807) is 19.2 Å². The fourth-order valence-corrected chi connectivity index (χ4v) is 0.949. The Bertz CT molecular complexity index is 354. The second-order valence-electron chi connectivity index (χ2n) is 2.32. The number of aryl methyl sites for hydroxylation is 1. The molecule has 0 aromatic carbocycles. The summed E-state index contributed by atoms with van der Waals surface area (Å²) in [5, 5.41) is 8.57. The van der Waals surface area contributed by atoms with Gasteiger partial charge in [0.1, 0.15) is 5.56 Å². The highest BCUT2D eigenvalue weighted by Gasteiger charge is 2.08. The summed E-state index contributed by atoms with van der Waals surface area (Å²) in [5.41, 5.74) is -0.633. The van der Waals surface area contributed by atoms with Crippen LogP contribution < -0.4 is 5.56 Å². The first-order chi connectivity index (χ1) is 5.66. The van der Waals surface area contributed by atoms with Crippen LogP contribution in [-0.2, 0) is 6.54 Å². The van der Waals surface area contributed by atoms with Crippen LogP contribution in [0.5, 0.6) is 0 Å². The van der Waals surface area contributed by atoms with E-state index in [0.717, 1.165) is 0 Å². The van der Waals surface area contributed by atoms with Crippen molar-refractivity contribution in [2.75, 3.05) is 0 Å². The molecule has 4 nitrogen and oxygen atoms in total. The van der Waals surface area contributed by atoms with Gasteiger partial charge in [-0.2, -0.15) is 0 Å². The average Bonchev–Trinajstić information content (AvgIpc) is 2.04. The van der Waals surface area contributed by atoms with Crippen molar-refractivity contribution in [3.63, 3.8) is 0 Å². The number of carboxylic acid groups (broad SMARTS) is 1. The van der Waals surface area contributed by atoms with E-state index in [9.17, 15) is 9.59 Å². The van der Waals surface area contributed by atoms with Gasteiger partial charge in [-0.15, -0.1) is 0 Å². The van der Waals surface area contributed by atoms with Crippen LogP contribution >= 0.6 is 0 Å². The fourth-order valence-electron chi connectivity index (χ4n) is 0.949. The largest absolute Gasteiger partial charge is 0.477 e. The van der Waals surface area contributed by atoms with Crippen molar-refractivity contribution in [3.05, 3.63) is 34.2 Å². The van der Waals surface area contributed by atoms with Crippen LogP contribution in [0.3, 0.4) is 0 Å². The van der Waals surface area contributed by atoms with Crippen LogP contribution in [-0.4, -0.2) is 15.6 Å². The van der Waals surface area contributed by atoms with E-state index in [1.807, 2.05) is 0 Å². The van der Waals surface area contributed by atoms with Gasteiger partial charge in [-0.1, -0.05) is 0 Å². The number of carboxylic acids is 1. The summed E-state index contributed by atoms with van der Waals surface area (Å²) in [5.74, 6) is -1.18. The van der Waals surface area contributed by atoms with Gasteiger partial charge in [0, 0.05) is 12.7 Å². The molecular weight excluding hydrogens is 158 g/mol. The lowest BCUT2D eigenvalue weighted by atomic mass is 10.3. The topological polar surface area (TPSA) is 59.3 Å². The molecule has 0 aliphatic rings. The van der Waals surface area contributed by atoms with Crippen molar-refractivity contribution in [1.29, 1.82) is 0 Å². The number of rotatable bonds is 2. The minimum atomic E-state index is -1.18. The molecular formula is C8H9NO3. The van der Waals surface area contributed by atoms with Crippen LogP contribution in [0, 0.1) is 0 Å². The smallest absolute Gasteiger partial charge is 0.341 e. The highest BCUT2D eigenvalue weighted by Crippen LogP contribution is 1.91. The first-order valence-electron chi connectivity index (χ1n) is 3.59. The molecule has 0 aliphatic heterocycles. The Labute approximate surface area is 69.1 Å². The predicted molar refractivity (Wildman–Crippen MR) is 43.3 cm³/mol. The van der Waals surface area contributed by atoms with Crippen LogP contribution in [0.4, 0.5) is 0 Å². The normalized spacial score (nSPS) is 9.75. The molecule has 0 bridgehead atoms. The van der Waals surface area contributed by atoms with E-state index in [-0.39, 0.29) is 5.56 Å². The molecule has 1 rings (SSSR count). The van der Waals surface area contributed by atoms with Crippen molar-refractivity contribution in [1.82, 2.24) is 4.57 Å². The van der Waals surface area contributed by atoms with Gasteiger partial charge in [0.05, 0.1) is 0 Å². The number of hydrogen-bond donors (Lipinski definition) is 1. The molecule has 0 fully saturated rings. The minimum Gasteiger partial charge on any atom is -0.477 e. The number of carbonyl (C=O) groups is 1. The summed E-state index contributed by atoms with van der Waals surface area (Å²) >= 11 is 0. The number of hydrogen-bond acceptors (Lipinski definition) is 2. The molecule has 1 aromatic rings. The lowest BCUT2D eigenvalue weighted by Gasteiger charge is -2.00. The van der Waals surface area contributed by atoms with Crippen molar-refractivity contribution in [2.24, 2.45) is 0 Å². The summed E-state index contributed by atoms with van der Waals surface area (Å²) < 4.78 is 1.35. The van der Waals surface area contributed by atoms with Gasteiger partial charge in [-0.3, -0.25) is 4.79 Å². The first kappa shape index (κ1) is 8.52. The van der Waals surface area contributed by atoms with Crippen molar-refractivity contribution >= 4 is 5.97 Å². The second-order valence-corrected chi connectivity index (χ2v) is 2.32. The van der Waals surface area contributed by atoms with Gasteiger partial charge in [0.15, 0.2) is 0 Å². The Balaban J connectivity index is 3.33. The van der Waals surface area contributed by atoms with Gasteiger partial charge in [0.25, 0.3) is 5.56 Å². The summed E-state index contributed by atoms with van der Waals surface area (Å²) in [6, 6.07) is 2.85. The number of aromatic carboxylic acids is 1. The summed E-state index contributed by atoms with van der Waals surface area (Å²) in [6.45, 7) is 2.27. The van der Waals surface area contributed by atoms with E-state index >= 15 is 0 Å². The fraction of sp³-hybridized carbons (Fsp3) is 0.250. The average molecular weight is 167 g/mol. The summed E-state index contributed by atoms with van der Waals surface area (Å²) in [6.07, 6.45) is 1.56. The molecule has 0 amide bonds. The van der Waals surface area contributed by atoms with E-state index in [1.165, 1.54) is 10.6 Å². The maximum atomic E-state index is 11.2. The van der Waals surface area contributed by atoms with E-state index < -0.39 is 11.5 Å². The zero-order valence-corrected chi connectivity index (χ0v) is 6.65.